The smallest absolute Gasteiger partial charge is 0.243 e. The molecule has 31 heavy (non-hydrogen) atoms. The number of rotatable bonds is 6. The number of likely N-dealkylation sites (N-methyl/N-ethyl adjacent to an activating group) is 1. The van der Waals surface area contributed by atoms with Crippen LogP contribution in [-0.2, 0) is 16.1 Å². The third kappa shape index (κ3) is 5.31. The van der Waals surface area contributed by atoms with Crippen molar-refractivity contribution in [3.8, 4) is 10.4 Å². The first-order chi connectivity index (χ1) is 14.6. The zero-order chi connectivity index (χ0) is 22.8. The number of hydrogen-bond donors (Lipinski definition) is 2. The first kappa shape index (κ1) is 23.4. The Labute approximate surface area is 187 Å². The van der Waals surface area contributed by atoms with Crippen LogP contribution in [0.1, 0.15) is 38.4 Å². The highest BCUT2D eigenvalue weighted by molar-refractivity contribution is 7.13. The number of carbonyl (C=O) groups excluding carboxylic acids is 2. The van der Waals surface area contributed by atoms with Crippen LogP contribution < -0.4 is 5.32 Å². The van der Waals surface area contributed by atoms with Crippen LogP contribution in [-0.4, -0.2) is 58.6 Å². The van der Waals surface area contributed by atoms with Gasteiger partial charge in [-0.3, -0.25) is 9.59 Å². The zero-order valence-electron chi connectivity index (χ0n) is 18.8. The molecule has 0 bridgehead atoms. The van der Waals surface area contributed by atoms with Crippen LogP contribution in [0.3, 0.4) is 0 Å². The summed E-state index contributed by atoms with van der Waals surface area (Å²) in [6, 6.07) is 6.75. The van der Waals surface area contributed by atoms with Crippen molar-refractivity contribution >= 4 is 23.2 Å². The van der Waals surface area contributed by atoms with E-state index in [4.69, 9.17) is 0 Å². The van der Waals surface area contributed by atoms with E-state index >= 15 is 0 Å². The van der Waals surface area contributed by atoms with Gasteiger partial charge in [-0.1, -0.05) is 45.0 Å². The highest BCUT2D eigenvalue weighted by atomic mass is 32.1. The molecule has 0 aliphatic carbocycles. The summed E-state index contributed by atoms with van der Waals surface area (Å²) in [5.74, 6) is -0.466. The molecule has 0 saturated carbocycles. The van der Waals surface area contributed by atoms with E-state index in [0.29, 0.717) is 6.54 Å². The van der Waals surface area contributed by atoms with Gasteiger partial charge in [0.05, 0.1) is 22.2 Å². The fourth-order valence-electron chi connectivity index (χ4n) is 3.99. The van der Waals surface area contributed by atoms with Crippen molar-refractivity contribution in [2.24, 2.45) is 5.41 Å². The molecule has 0 unspecified atom stereocenters. The topological polar surface area (TPSA) is 96.6 Å². The van der Waals surface area contributed by atoms with Crippen LogP contribution >= 0.6 is 11.3 Å². The number of aliphatic hydroxyl groups is 1. The Morgan fingerprint density at radius 2 is 2.00 bits per heavy atom. The van der Waals surface area contributed by atoms with E-state index < -0.39 is 18.2 Å². The maximum absolute atomic E-state index is 13.1. The third-order valence-electron chi connectivity index (χ3n) is 5.61. The molecule has 3 rings (SSSR count). The summed E-state index contributed by atoms with van der Waals surface area (Å²) >= 11 is 1.60. The van der Waals surface area contributed by atoms with Crippen molar-refractivity contribution in [3.63, 3.8) is 0 Å². The lowest BCUT2D eigenvalue weighted by atomic mass is 9.86. The fraction of sp³-hybridized carbons (Fsp3) is 0.522. The summed E-state index contributed by atoms with van der Waals surface area (Å²) in [6.07, 6.45) is -0.471. The van der Waals surface area contributed by atoms with Gasteiger partial charge >= 0.3 is 0 Å². The van der Waals surface area contributed by atoms with Crippen LogP contribution in [0, 0.1) is 12.3 Å². The molecule has 2 aromatic rings. The average Bonchev–Trinajstić information content (AvgIpc) is 3.31. The molecular formula is C23H31N4O3S-. The van der Waals surface area contributed by atoms with Gasteiger partial charge in [0.25, 0.3) is 0 Å². The Bertz CT molecular complexity index is 920. The van der Waals surface area contributed by atoms with Crippen LogP contribution in [0.15, 0.2) is 29.8 Å². The van der Waals surface area contributed by atoms with Gasteiger partial charge in [0.2, 0.25) is 11.8 Å². The van der Waals surface area contributed by atoms with Crippen molar-refractivity contribution in [2.75, 3.05) is 13.6 Å². The van der Waals surface area contributed by atoms with E-state index in [1.807, 2.05) is 57.5 Å². The minimum Gasteiger partial charge on any atom is -0.654 e. The predicted octanol–water partition coefficient (Wildman–Crippen LogP) is 3.11. The molecule has 1 saturated heterocycles. The number of aryl methyl sites for hydroxylation is 1. The van der Waals surface area contributed by atoms with E-state index in [9.17, 15) is 14.7 Å². The van der Waals surface area contributed by atoms with Gasteiger partial charge in [-0.25, -0.2) is 4.98 Å². The number of carbonyl (C=O) groups is 2. The fourth-order valence-corrected chi connectivity index (χ4v) is 4.80. The van der Waals surface area contributed by atoms with E-state index in [1.165, 1.54) is 4.90 Å². The number of aromatic nitrogens is 1. The van der Waals surface area contributed by atoms with E-state index in [-0.39, 0.29) is 30.2 Å². The van der Waals surface area contributed by atoms with Crippen molar-refractivity contribution in [2.45, 2.75) is 58.8 Å². The summed E-state index contributed by atoms with van der Waals surface area (Å²) < 4.78 is 0. The minimum atomic E-state index is -0.709. The lowest BCUT2D eigenvalue weighted by Gasteiger charge is -2.42. The summed E-state index contributed by atoms with van der Waals surface area (Å²) in [7, 11) is 1.62. The normalized spacial score (nSPS) is 20.0. The Morgan fingerprint density at radius 3 is 2.55 bits per heavy atom. The summed E-state index contributed by atoms with van der Waals surface area (Å²) in [5, 5.41) is 17.3. The van der Waals surface area contributed by atoms with Gasteiger partial charge in [-0.15, -0.1) is 11.3 Å². The molecule has 1 fully saturated rings. The molecule has 2 amide bonds. The average molecular weight is 444 g/mol. The van der Waals surface area contributed by atoms with Crippen molar-refractivity contribution in [3.05, 3.63) is 46.4 Å². The number of thiazole rings is 1. The number of amides is 2. The maximum Gasteiger partial charge on any atom is 0.243 e. The molecule has 0 radical (unpaired) electrons. The van der Waals surface area contributed by atoms with Crippen LogP contribution in [0.25, 0.3) is 15.8 Å². The lowest BCUT2D eigenvalue weighted by molar-refractivity contribution is -0.140. The quantitative estimate of drug-likeness (QED) is 0.717. The molecular weight excluding hydrogens is 412 g/mol. The number of nitrogens with zero attached hydrogens (tertiary/aromatic N) is 3. The zero-order valence-corrected chi connectivity index (χ0v) is 19.6. The number of aliphatic hydroxyl groups excluding tert-OH is 1. The van der Waals surface area contributed by atoms with Crippen LogP contribution in [0.5, 0.6) is 0 Å². The standard InChI is InChI=1S/C23H31N4O3S/c1-14-19(31-13-26-14)16-8-6-15(7-9-16)11-25-21(29)18-10-17(28)12-27(18)22(30)20(24-5)23(2,3)4/h6-9,13,17-18,20,28H,10-12H2,1-5H3,(H,25,29)/q-1/t17-,18+,20-/m1/s1. The van der Waals surface area contributed by atoms with Gasteiger partial charge in [0, 0.05) is 19.5 Å². The van der Waals surface area contributed by atoms with E-state index in [0.717, 1.165) is 21.7 Å². The predicted molar refractivity (Wildman–Crippen MR) is 123 cm³/mol. The largest absolute Gasteiger partial charge is 0.654 e. The SMILES string of the molecule is C[N-][C@H](C(=O)N1C[C@H](O)C[C@H]1C(=O)NCc1ccc(-c2scnc2C)cc1)C(C)(C)C. The molecule has 2 N–H and O–H groups in total. The molecule has 7 nitrogen and oxygen atoms in total. The van der Waals surface area contributed by atoms with Crippen LogP contribution in [0.2, 0.25) is 0 Å². The van der Waals surface area contributed by atoms with Gasteiger partial charge in [-0.05, 0) is 29.5 Å². The number of benzene rings is 1. The van der Waals surface area contributed by atoms with E-state index in [2.05, 4.69) is 15.6 Å². The Kier molecular flexibility index (Phi) is 7.13. The van der Waals surface area contributed by atoms with Crippen LogP contribution in [0.4, 0.5) is 0 Å². The Hall–Kier alpha value is -2.29. The van der Waals surface area contributed by atoms with Gasteiger partial charge < -0.3 is 20.6 Å². The number of β-amino-alcohol motifs (C(OH)–C–C–N with tert-alkyl or cyclic N) is 1. The molecule has 1 aromatic carbocycles. The molecule has 1 aliphatic rings. The second-order valence-corrected chi connectivity index (χ2v) is 9.96. The Morgan fingerprint density at radius 1 is 1.32 bits per heavy atom. The van der Waals surface area contributed by atoms with Crippen molar-refractivity contribution in [1.29, 1.82) is 0 Å². The van der Waals surface area contributed by atoms with Gasteiger partial charge in [-0.2, -0.15) is 7.05 Å². The first-order valence-electron chi connectivity index (χ1n) is 10.5. The monoisotopic (exact) mass is 443 g/mol. The van der Waals surface area contributed by atoms with Gasteiger partial charge in [0.15, 0.2) is 0 Å². The minimum absolute atomic E-state index is 0.155. The van der Waals surface area contributed by atoms with E-state index in [1.54, 1.807) is 18.4 Å². The third-order valence-corrected chi connectivity index (χ3v) is 6.58. The lowest BCUT2D eigenvalue weighted by Crippen LogP contribution is -2.51. The number of nitrogens with one attached hydrogen (secondary N) is 1. The highest BCUT2D eigenvalue weighted by Gasteiger charge is 2.40. The van der Waals surface area contributed by atoms with Gasteiger partial charge in [0.1, 0.15) is 6.04 Å². The Balaban J connectivity index is 1.65. The summed E-state index contributed by atoms with van der Waals surface area (Å²) in [6.45, 7) is 8.34. The molecule has 2 heterocycles. The summed E-state index contributed by atoms with van der Waals surface area (Å²) in [5.41, 5.74) is 4.54. The van der Waals surface area contributed by atoms with Crippen molar-refractivity contribution < 1.29 is 14.7 Å². The molecule has 8 heteroatoms. The van der Waals surface area contributed by atoms with Crippen molar-refractivity contribution in [1.82, 2.24) is 15.2 Å². The second-order valence-electron chi connectivity index (χ2n) is 9.10. The molecule has 3 atom stereocenters. The summed E-state index contributed by atoms with van der Waals surface area (Å²) in [4.78, 5) is 32.9. The molecule has 1 aromatic heterocycles. The molecule has 1 aliphatic heterocycles. The number of likely N-dealkylation sites (tertiary alicyclic amines) is 1. The molecule has 168 valence electrons. The molecule has 0 spiro atoms. The first-order valence-corrected chi connectivity index (χ1v) is 11.3. The maximum atomic E-state index is 13.1. The number of hydrogen-bond acceptors (Lipinski definition) is 5. The highest BCUT2D eigenvalue weighted by Crippen LogP contribution is 2.30. The second kappa shape index (κ2) is 9.46.